The first-order chi connectivity index (χ1) is 15.1. The number of nitrogens with one attached hydrogen (secondary N) is 1. The minimum atomic E-state index is -0.0110. The predicted octanol–water partition coefficient (Wildman–Crippen LogP) is 5.54. The number of aromatic nitrogens is 2. The van der Waals surface area contributed by atoms with Crippen molar-refractivity contribution in [1.29, 1.82) is 0 Å². The molecule has 0 aliphatic carbocycles. The molecule has 0 fully saturated rings. The topological polar surface area (TPSA) is 49.6 Å². The van der Waals surface area contributed by atoms with Crippen molar-refractivity contribution >= 4 is 22.3 Å². The summed E-state index contributed by atoms with van der Waals surface area (Å²) < 4.78 is 2.16. The minimum Gasteiger partial charge on any atom is -0.334 e. The van der Waals surface area contributed by atoms with Crippen LogP contribution in [0.15, 0.2) is 66.2 Å². The number of urea groups is 1. The van der Waals surface area contributed by atoms with E-state index in [2.05, 4.69) is 59.4 Å². The lowest BCUT2D eigenvalue weighted by Crippen LogP contribution is -2.41. The Morgan fingerprint density at radius 2 is 1.87 bits per heavy atom. The molecule has 0 aliphatic rings. The van der Waals surface area contributed by atoms with Gasteiger partial charge in [-0.2, -0.15) is 0 Å². The molecule has 0 radical (unpaired) electrons. The molecule has 2 amide bonds. The van der Waals surface area contributed by atoms with Crippen LogP contribution in [0.1, 0.15) is 30.2 Å². The van der Waals surface area contributed by atoms with Crippen LogP contribution in [0.2, 0.25) is 0 Å². The van der Waals surface area contributed by atoms with Crippen LogP contribution in [0.25, 0.3) is 16.2 Å². The number of carbonyl (C=O) groups is 1. The third-order valence-corrected chi connectivity index (χ3v) is 6.22. The Morgan fingerprint density at radius 3 is 2.61 bits per heavy atom. The largest absolute Gasteiger partial charge is 0.334 e. The fraction of sp³-hybridized carbons (Fsp3) is 0.280. The van der Waals surface area contributed by atoms with Gasteiger partial charge in [-0.3, -0.25) is 4.40 Å². The number of fused-ring (bicyclic) bond motifs is 1. The maximum Gasteiger partial charge on any atom is 0.317 e. The van der Waals surface area contributed by atoms with Gasteiger partial charge in [0, 0.05) is 48.9 Å². The average molecular weight is 433 g/mol. The number of aryl methyl sites for hydroxylation is 1. The Balaban J connectivity index is 1.42. The number of hydrogen-bond donors (Lipinski definition) is 1. The molecule has 2 heterocycles. The van der Waals surface area contributed by atoms with E-state index in [1.165, 1.54) is 11.3 Å². The maximum atomic E-state index is 12.7. The molecular formula is C25H28N4OS. The van der Waals surface area contributed by atoms with E-state index in [-0.39, 0.29) is 6.03 Å². The number of thiazole rings is 1. The van der Waals surface area contributed by atoms with Crippen molar-refractivity contribution in [2.75, 3.05) is 13.1 Å². The highest BCUT2D eigenvalue weighted by atomic mass is 32.1. The van der Waals surface area contributed by atoms with Gasteiger partial charge in [0.25, 0.3) is 0 Å². The lowest BCUT2D eigenvalue weighted by Gasteiger charge is -2.22. The van der Waals surface area contributed by atoms with Gasteiger partial charge in [0.15, 0.2) is 4.96 Å². The highest BCUT2D eigenvalue weighted by Crippen LogP contribution is 2.24. The van der Waals surface area contributed by atoms with Crippen molar-refractivity contribution in [2.45, 2.75) is 33.2 Å². The van der Waals surface area contributed by atoms with E-state index in [4.69, 9.17) is 4.98 Å². The van der Waals surface area contributed by atoms with Crippen molar-refractivity contribution in [3.63, 3.8) is 0 Å². The molecule has 0 spiro atoms. The zero-order valence-corrected chi connectivity index (χ0v) is 18.9. The molecule has 4 aromatic rings. The Morgan fingerprint density at radius 1 is 1.10 bits per heavy atom. The van der Waals surface area contributed by atoms with Gasteiger partial charge in [-0.25, -0.2) is 9.78 Å². The van der Waals surface area contributed by atoms with Crippen LogP contribution < -0.4 is 5.32 Å². The molecule has 0 saturated carbocycles. The quantitative estimate of drug-likeness (QED) is 0.398. The SMILES string of the molecule is CCCN(CCc1csc2nc(-c3ccc(C)cc3)cn12)C(=O)NCc1ccccc1. The van der Waals surface area contributed by atoms with E-state index < -0.39 is 0 Å². The third kappa shape index (κ3) is 5.14. The van der Waals surface area contributed by atoms with Gasteiger partial charge in [0.2, 0.25) is 0 Å². The number of hydrogen-bond acceptors (Lipinski definition) is 3. The number of benzene rings is 2. The van der Waals surface area contributed by atoms with Gasteiger partial charge in [-0.1, -0.05) is 67.1 Å². The number of amides is 2. The number of imidazole rings is 1. The maximum absolute atomic E-state index is 12.7. The standard InChI is InChI=1S/C25H28N4OS/c1-3-14-28(24(30)26-16-20-7-5-4-6-8-20)15-13-22-18-31-25-27-23(17-29(22)25)21-11-9-19(2)10-12-21/h4-12,17-18H,3,13-16H2,1-2H3,(H,26,30). The molecule has 0 unspecified atom stereocenters. The van der Waals surface area contributed by atoms with Gasteiger partial charge in [0.05, 0.1) is 5.69 Å². The van der Waals surface area contributed by atoms with Gasteiger partial charge in [-0.05, 0) is 18.9 Å². The van der Waals surface area contributed by atoms with Crippen LogP contribution in [0.3, 0.4) is 0 Å². The summed E-state index contributed by atoms with van der Waals surface area (Å²) in [6.07, 6.45) is 3.83. The van der Waals surface area contributed by atoms with Crippen LogP contribution in [0.5, 0.6) is 0 Å². The van der Waals surface area contributed by atoms with E-state index >= 15 is 0 Å². The van der Waals surface area contributed by atoms with Crippen LogP contribution in [-0.2, 0) is 13.0 Å². The first-order valence-electron chi connectivity index (χ1n) is 10.7. The van der Waals surface area contributed by atoms with Gasteiger partial charge in [0.1, 0.15) is 0 Å². The molecule has 4 rings (SSSR count). The van der Waals surface area contributed by atoms with Crippen molar-refractivity contribution in [3.8, 4) is 11.3 Å². The predicted molar refractivity (Wildman–Crippen MR) is 127 cm³/mol. The normalized spacial score (nSPS) is 11.0. The Hall–Kier alpha value is -3.12. The van der Waals surface area contributed by atoms with Crippen LogP contribution >= 0.6 is 11.3 Å². The van der Waals surface area contributed by atoms with Gasteiger partial charge < -0.3 is 10.2 Å². The second-order valence-corrected chi connectivity index (χ2v) is 8.59. The summed E-state index contributed by atoms with van der Waals surface area (Å²) in [5, 5.41) is 5.20. The van der Waals surface area contributed by atoms with E-state index in [0.29, 0.717) is 13.1 Å². The van der Waals surface area contributed by atoms with Crippen molar-refractivity contribution in [3.05, 3.63) is 83.0 Å². The van der Waals surface area contributed by atoms with Crippen molar-refractivity contribution < 1.29 is 4.79 Å². The van der Waals surface area contributed by atoms with Gasteiger partial charge >= 0.3 is 6.03 Å². The van der Waals surface area contributed by atoms with E-state index in [1.807, 2.05) is 35.2 Å². The van der Waals surface area contributed by atoms with Crippen LogP contribution in [-0.4, -0.2) is 33.4 Å². The Kier molecular flexibility index (Phi) is 6.67. The number of nitrogens with zero attached hydrogens (tertiary/aromatic N) is 3. The van der Waals surface area contributed by atoms with E-state index in [0.717, 1.165) is 41.2 Å². The molecule has 0 atom stereocenters. The Bertz CT molecular complexity index is 1130. The zero-order chi connectivity index (χ0) is 21.6. The summed E-state index contributed by atoms with van der Waals surface area (Å²) in [7, 11) is 0. The third-order valence-electron chi connectivity index (χ3n) is 5.34. The summed E-state index contributed by atoms with van der Waals surface area (Å²) in [5.41, 5.74) is 5.64. The smallest absolute Gasteiger partial charge is 0.317 e. The van der Waals surface area contributed by atoms with Crippen LogP contribution in [0.4, 0.5) is 4.79 Å². The summed E-state index contributed by atoms with van der Waals surface area (Å²) in [6, 6.07) is 18.4. The highest BCUT2D eigenvalue weighted by Gasteiger charge is 2.15. The van der Waals surface area contributed by atoms with Gasteiger partial charge in [-0.15, -0.1) is 11.3 Å². The summed E-state index contributed by atoms with van der Waals surface area (Å²) >= 11 is 1.65. The number of rotatable bonds is 8. The van der Waals surface area contributed by atoms with E-state index in [1.54, 1.807) is 11.3 Å². The summed E-state index contributed by atoms with van der Waals surface area (Å²) in [5.74, 6) is 0. The minimum absolute atomic E-state index is 0.0110. The zero-order valence-electron chi connectivity index (χ0n) is 18.0. The second kappa shape index (κ2) is 9.79. The molecule has 6 heteroatoms. The molecule has 160 valence electrons. The summed E-state index contributed by atoms with van der Waals surface area (Å²) in [6.45, 7) is 6.16. The lowest BCUT2D eigenvalue weighted by molar-refractivity contribution is 0.197. The molecule has 0 bridgehead atoms. The first-order valence-corrected chi connectivity index (χ1v) is 11.6. The first kappa shape index (κ1) is 21.1. The molecule has 5 nitrogen and oxygen atoms in total. The summed E-state index contributed by atoms with van der Waals surface area (Å²) in [4.78, 5) is 20.4. The monoisotopic (exact) mass is 432 g/mol. The van der Waals surface area contributed by atoms with E-state index in [9.17, 15) is 4.79 Å². The molecule has 0 saturated heterocycles. The molecule has 2 aromatic heterocycles. The van der Waals surface area contributed by atoms with Crippen molar-refractivity contribution in [1.82, 2.24) is 19.6 Å². The molecular weight excluding hydrogens is 404 g/mol. The highest BCUT2D eigenvalue weighted by molar-refractivity contribution is 7.15. The molecule has 2 aromatic carbocycles. The number of carbonyl (C=O) groups excluding carboxylic acids is 1. The Labute approximate surface area is 187 Å². The molecule has 31 heavy (non-hydrogen) atoms. The van der Waals surface area contributed by atoms with Crippen molar-refractivity contribution in [2.24, 2.45) is 0 Å². The fourth-order valence-electron chi connectivity index (χ4n) is 3.59. The van der Waals surface area contributed by atoms with Crippen LogP contribution in [0, 0.1) is 6.92 Å². The lowest BCUT2D eigenvalue weighted by atomic mass is 10.1. The second-order valence-electron chi connectivity index (χ2n) is 7.75. The fourth-order valence-corrected chi connectivity index (χ4v) is 4.50. The average Bonchev–Trinajstić information content (AvgIpc) is 3.37. The molecule has 0 aliphatic heterocycles. The molecule has 1 N–H and O–H groups in total.